The summed E-state index contributed by atoms with van der Waals surface area (Å²) in [4.78, 5) is 14.0. The number of amides is 1. The van der Waals surface area contributed by atoms with Gasteiger partial charge in [0.1, 0.15) is 0 Å². The predicted octanol–water partition coefficient (Wildman–Crippen LogP) is 2.31. The second-order valence-corrected chi connectivity index (χ2v) is 5.30. The number of likely N-dealkylation sites (tertiary alicyclic amines) is 1. The zero-order valence-corrected chi connectivity index (χ0v) is 12.0. The molecule has 0 unspecified atom stereocenters. The van der Waals surface area contributed by atoms with Gasteiger partial charge in [-0.25, -0.2) is 0 Å². The molecule has 4 nitrogen and oxygen atoms in total. The molecule has 5 heteroatoms. The summed E-state index contributed by atoms with van der Waals surface area (Å²) < 4.78 is 5.28. The van der Waals surface area contributed by atoms with Crippen LogP contribution in [0.25, 0.3) is 0 Å². The number of nitrogens with zero attached hydrogens (tertiary/aromatic N) is 1. The third-order valence-corrected chi connectivity index (χ3v) is 3.80. The maximum absolute atomic E-state index is 11.9. The first-order chi connectivity index (χ1) is 9.08. The Morgan fingerprint density at radius 2 is 2.37 bits per heavy atom. The van der Waals surface area contributed by atoms with Gasteiger partial charge in [0.05, 0.1) is 12.6 Å². The number of carbonyl (C=O) groups excluding carboxylic acids is 1. The van der Waals surface area contributed by atoms with E-state index in [0.717, 1.165) is 30.8 Å². The third kappa shape index (κ3) is 3.93. The molecule has 1 N–H and O–H groups in total. The average Bonchev–Trinajstić information content (AvgIpc) is 2.81. The molecule has 0 aliphatic carbocycles. The summed E-state index contributed by atoms with van der Waals surface area (Å²) in [5.41, 5.74) is 1.74. The molecule has 1 fully saturated rings. The van der Waals surface area contributed by atoms with Gasteiger partial charge in [-0.3, -0.25) is 9.69 Å². The van der Waals surface area contributed by atoms with E-state index in [-0.39, 0.29) is 12.0 Å². The topological polar surface area (TPSA) is 41.6 Å². The average molecular weight is 283 g/mol. The molecule has 19 heavy (non-hydrogen) atoms. The van der Waals surface area contributed by atoms with Crippen molar-refractivity contribution in [3.63, 3.8) is 0 Å². The Bertz CT molecular complexity index is 465. The molecule has 0 aromatic heterocycles. The van der Waals surface area contributed by atoms with E-state index >= 15 is 0 Å². The van der Waals surface area contributed by atoms with E-state index in [1.54, 1.807) is 13.2 Å². The van der Waals surface area contributed by atoms with E-state index in [2.05, 4.69) is 10.2 Å². The first-order valence-corrected chi connectivity index (χ1v) is 6.77. The van der Waals surface area contributed by atoms with Crippen molar-refractivity contribution in [3.05, 3.63) is 28.8 Å². The maximum Gasteiger partial charge on any atom is 0.238 e. The van der Waals surface area contributed by atoms with Gasteiger partial charge in [0.2, 0.25) is 5.91 Å². The van der Waals surface area contributed by atoms with Crippen LogP contribution in [-0.4, -0.2) is 43.7 Å². The first kappa shape index (κ1) is 14.3. The van der Waals surface area contributed by atoms with Crippen molar-refractivity contribution < 1.29 is 9.53 Å². The van der Waals surface area contributed by atoms with Crippen molar-refractivity contribution in [3.8, 4) is 0 Å². The number of anilines is 1. The molecular weight excluding hydrogens is 264 g/mol. The number of aryl methyl sites for hydroxylation is 1. The van der Waals surface area contributed by atoms with Gasteiger partial charge in [0, 0.05) is 30.9 Å². The van der Waals surface area contributed by atoms with Crippen LogP contribution in [-0.2, 0) is 9.53 Å². The molecule has 1 aliphatic rings. The van der Waals surface area contributed by atoms with Gasteiger partial charge in [-0.15, -0.1) is 0 Å². The standard InChI is InChI=1S/C14H19ClN2O2/c1-10-7-11(3-4-13(10)15)16-14(18)9-17-6-5-12(8-17)19-2/h3-4,7,12H,5-6,8-9H2,1-2H3,(H,16,18)/t12-/m0/s1. The van der Waals surface area contributed by atoms with Gasteiger partial charge < -0.3 is 10.1 Å². The number of methoxy groups -OCH3 is 1. The molecule has 1 amide bonds. The van der Waals surface area contributed by atoms with Gasteiger partial charge >= 0.3 is 0 Å². The molecule has 1 atom stereocenters. The Morgan fingerprint density at radius 1 is 1.58 bits per heavy atom. The monoisotopic (exact) mass is 282 g/mol. The van der Waals surface area contributed by atoms with Crippen LogP contribution in [0.15, 0.2) is 18.2 Å². The molecule has 1 heterocycles. The highest BCUT2D eigenvalue weighted by molar-refractivity contribution is 6.31. The highest BCUT2D eigenvalue weighted by atomic mass is 35.5. The van der Waals surface area contributed by atoms with Crippen molar-refractivity contribution in [2.75, 3.05) is 32.1 Å². The summed E-state index contributed by atoms with van der Waals surface area (Å²) >= 11 is 5.95. The van der Waals surface area contributed by atoms with Crippen molar-refractivity contribution in [1.82, 2.24) is 4.90 Å². The van der Waals surface area contributed by atoms with Crippen molar-refractivity contribution in [1.29, 1.82) is 0 Å². The minimum Gasteiger partial charge on any atom is -0.380 e. The molecule has 1 aromatic carbocycles. The molecular formula is C14H19ClN2O2. The van der Waals surface area contributed by atoms with Gasteiger partial charge in [0.25, 0.3) is 0 Å². The van der Waals surface area contributed by atoms with E-state index in [1.807, 2.05) is 19.1 Å². The molecule has 1 aromatic rings. The van der Waals surface area contributed by atoms with E-state index < -0.39 is 0 Å². The quantitative estimate of drug-likeness (QED) is 0.921. The number of rotatable bonds is 4. The molecule has 1 saturated heterocycles. The summed E-state index contributed by atoms with van der Waals surface area (Å²) in [6.07, 6.45) is 1.25. The lowest BCUT2D eigenvalue weighted by atomic mass is 10.2. The Balaban J connectivity index is 1.86. The van der Waals surface area contributed by atoms with Gasteiger partial charge in [0.15, 0.2) is 0 Å². The lowest BCUT2D eigenvalue weighted by molar-refractivity contribution is -0.117. The fourth-order valence-electron chi connectivity index (χ4n) is 2.26. The summed E-state index contributed by atoms with van der Waals surface area (Å²) in [5, 5.41) is 3.60. The Kier molecular flexibility index (Phi) is 4.80. The fraction of sp³-hybridized carbons (Fsp3) is 0.500. The van der Waals surface area contributed by atoms with Gasteiger partial charge in [-0.05, 0) is 37.1 Å². The Morgan fingerprint density at radius 3 is 3.00 bits per heavy atom. The SMILES string of the molecule is CO[C@H]1CCN(CC(=O)Nc2ccc(Cl)c(C)c2)C1. The normalized spacial score (nSPS) is 19.6. The van der Waals surface area contributed by atoms with Crippen molar-refractivity contribution in [2.24, 2.45) is 0 Å². The third-order valence-electron chi connectivity index (χ3n) is 3.37. The zero-order valence-electron chi connectivity index (χ0n) is 11.3. The number of hydrogen-bond donors (Lipinski definition) is 1. The largest absolute Gasteiger partial charge is 0.380 e. The molecule has 0 radical (unpaired) electrons. The van der Waals surface area contributed by atoms with Crippen molar-refractivity contribution >= 4 is 23.2 Å². The highest BCUT2D eigenvalue weighted by Gasteiger charge is 2.23. The minimum absolute atomic E-state index is 0.00141. The van der Waals surface area contributed by atoms with Crippen LogP contribution in [0.2, 0.25) is 5.02 Å². The maximum atomic E-state index is 11.9. The second-order valence-electron chi connectivity index (χ2n) is 4.89. The van der Waals surface area contributed by atoms with Crippen LogP contribution in [0.5, 0.6) is 0 Å². The van der Waals surface area contributed by atoms with Crippen LogP contribution in [0.4, 0.5) is 5.69 Å². The summed E-state index contributed by atoms with van der Waals surface area (Å²) in [6.45, 7) is 4.05. The number of hydrogen-bond acceptors (Lipinski definition) is 3. The lowest BCUT2D eigenvalue weighted by Crippen LogP contribution is -2.32. The van der Waals surface area contributed by atoms with E-state index in [4.69, 9.17) is 16.3 Å². The minimum atomic E-state index is -0.00141. The zero-order chi connectivity index (χ0) is 13.8. The van der Waals surface area contributed by atoms with Crippen LogP contribution in [0, 0.1) is 6.92 Å². The summed E-state index contributed by atoms with van der Waals surface area (Å²) in [7, 11) is 1.71. The number of ether oxygens (including phenoxy) is 1. The van der Waals surface area contributed by atoms with Crippen LogP contribution < -0.4 is 5.32 Å². The fourth-order valence-corrected chi connectivity index (χ4v) is 2.38. The van der Waals surface area contributed by atoms with Gasteiger partial charge in [-0.2, -0.15) is 0 Å². The molecule has 1 aliphatic heterocycles. The van der Waals surface area contributed by atoms with Gasteiger partial charge in [-0.1, -0.05) is 11.6 Å². The Hall–Kier alpha value is -1.10. The predicted molar refractivity (Wildman–Crippen MR) is 76.7 cm³/mol. The molecule has 0 bridgehead atoms. The Labute approximate surface area is 118 Å². The number of benzene rings is 1. The number of carbonyl (C=O) groups is 1. The molecule has 104 valence electrons. The molecule has 2 rings (SSSR count). The van der Waals surface area contributed by atoms with Crippen LogP contribution >= 0.6 is 11.6 Å². The summed E-state index contributed by atoms with van der Waals surface area (Å²) in [5.74, 6) is -0.00141. The van der Waals surface area contributed by atoms with E-state index in [0.29, 0.717) is 11.6 Å². The second kappa shape index (κ2) is 6.37. The van der Waals surface area contributed by atoms with E-state index in [9.17, 15) is 4.79 Å². The smallest absolute Gasteiger partial charge is 0.238 e. The number of nitrogens with one attached hydrogen (secondary N) is 1. The first-order valence-electron chi connectivity index (χ1n) is 6.39. The van der Waals surface area contributed by atoms with E-state index in [1.165, 1.54) is 0 Å². The van der Waals surface area contributed by atoms with Crippen LogP contribution in [0.3, 0.4) is 0 Å². The lowest BCUT2D eigenvalue weighted by Gasteiger charge is -2.15. The highest BCUT2D eigenvalue weighted by Crippen LogP contribution is 2.19. The number of halogens is 1. The molecule has 0 saturated carbocycles. The molecule has 0 spiro atoms. The summed E-state index contributed by atoms with van der Waals surface area (Å²) in [6, 6.07) is 5.49. The van der Waals surface area contributed by atoms with Crippen LogP contribution in [0.1, 0.15) is 12.0 Å². The van der Waals surface area contributed by atoms with Crippen molar-refractivity contribution in [2.45, 2.75) is 19.4 Å².